The molecule has 0 spiro atoms. The summed E-state index contributed by atoms with van der Waals surface area (Å²) in [5, 5.41) is 24.3. The van der Waals surface area contributed by atoms with Crippen LogP contribution in [0.1, 0.15) is 32.0 Å². The zero-order valence-electron chi connectivity index (χ0n) is 12.4. The Labute approximate surface area is 122 Å². The average Bonchev–Trinajstić information content (AvgIpc) is 2.66. The minimum absolute atomic E-state index is 0.0503. The van der Waals surface area contributed by atoms with Crippen molar-refractivity contribution < 1.29 is 19.4 Å². The second-order valence-corrected chi connectivity index (χ2v) is 5.53. The van der Waals surface area contributed by atoms with Crippen LogP contribution in [0.15, 0.2) is 6.20 Å². The molecule has 0 aliphatic carbocycles. The van der Waals surface area contributed by atoms with Gasteiger partial charge in [-0.15, -0.1) is 0 Å². The van der Waals surface area contributed by atoms with Crippen molar-refractivity contribution in [3.8, 4) is 6.07 Å². The van der Waals surface area contributed by atoms with E-state index in [-0.39, 0.29) is 12.1 Å². The number of aromatic nitrogens is 2. The molecule has 0 unspecified atom stereocenters. The smallest absolute Gasteiger partial charge is 0.408 e. The summed E-state index contributed by atoms with van der Waals surface area (Å²) in [7, 11) is 1.63. The van der Waals surface area contributed by atoms with Crippen molar-refractivity contribution in [2.24, 2.45) is 7.05 Å². The molecule has 0 aliphatic rings. The van der Waals surface area contributed by atoms with Crippen LogP contribution in [0, 0.1) is 11.3 Å². The lowest BCUT2D eigenvalue weighted by Gasteiger charge is -2.21. The first kappa shape index (κ1) is 16.5. The van der Waals surface area contributed by atoms with Gasteiger partial charge >= 0.3 is 12.1 Å². The molecule has 1 rings (SSSR count). The number of carbonyl (C=O) groups excluding carboxylic acids is 1. The average molecular weight is 294 g/mol. The van der Waals surface area contributed by atoms with Gasteiger partial charge in [-0.2, -0.15) is 10.4 Å². The second kappa shape index (κ2) is 6.26. The van der Waals surface area contributed by atoms with Crippen molar-refractivity contribution in [2.75, 3.05) is 0 Å². The molecular formula is C13H18N4O4. The number of aliphatic carboxylic acids is 1. The molecule has 0 fully saturated rings. The lowest BCUT2D eigenvalue weighted by atomic mass is 10.1. The minimum atomic E-state index is -1.21. The van der Waals surface area contributed by atoms with Gasteiger partial charge in [0.15, 0.2) is 5.69 Å². The lowest BCUT2D eigenvalue weighted by molar-refractivity contribution is -0.139. The molecule has 0 radical (unpaired) electrons. The lowest BCUT2D eigenvalue weighted by Crippen LogP contribution is -2.44. The van der Waals surface area contributed by atoms with Gasteiger partial charge in [-0.05, 0) is 20.8 Å². The molecule has 0 saturated carbocycles. The van der Waals surface area contributed by atoms with E-state index in [4.69, 9.17) is 10.00 Å². The molecule has 8 heteroatoms. The standard InChI is InChI=1S/C13H18N4O4/c1-13(2,3)21-12(20)15-9(11(18)19)5-8-7-17(4)16-10(8)6-14/h7,9H,5H2,1-4H3,(H,15,20)(H,18,19)/t9-/m0/s1. The van der Waals surface area contributed by atoms with Gasteiger partial charge in [0.2, 0.25) is 0 Å². The Morgan fingerprint density at radius 3 is 2.67 bits per heavy atom. The summed E-state index contributed by atoms with van der Waals surface area (Å²) < 4.78 is 6.44. The number of nitrogens with one attached hydrogen (secondary N) is 1. The summed E-state index contributed by atoms with van der Waals surface area (Å²) in [4.78, 5) is 22.9. The monoisotopic (exact) mass is 294 g/mol. The first-order valence-corrected chi connectivity index (χ1v) is 6.27. The minimum Gasteiger partial charge on any atom is -0.480 e. The van der Waals surface area contributed by atoms with E-state index in [0.29, 0.717) is 5.56 Å². The molecule has 2 N–H and O–H groups in total. The third kappa shape index (κ3) is 5.14. The number of rotatable bonds is 4. The van der Waals surface area contributed by atoms with Crippen molar-refractivity contribution in [3.05, 3.63) is 17.5 Å². The number of carboxylic acids is 1. The number of hydrogen-bond donors (Lipinski definition) is 2. The maximum Gasteiger partial charge on any atom is 0.408 e. The van der Waals surface area contributed by atoms with Crippen LogP contribution in [0.25, 0.3) is 0 Å². The van der Waals surface area contributed by atoms with Gasteiger partial charge in [-0.3, -0.25) is 4.68 Å². The Morgan fingerprint density at radius 2 is 2.19 bits per heavy atom. The summed E-state index contributed by atoms with van der Waals surface area (Å²) in [6, 6.07) is 0.685. The Kier molecular flexibility index (Phi) is 4.92. The maximum atomic E-state index is 11.6. The molecule has 114 valence electrons. The van der Waals surface area contributed by atoms with E-state index in [1.54, 1.807) is 34.0 Å². The van der Waals surface area contributed by atoms with Gasteiger partial charge < -0.3 is 15.2 Å². The van der Waals surface area contributed by atoms with Crippen molar-refractivity contribution in [1.82, 2.24) is 15.1 Å². The molecule has 0 aliphatic heterocycles. The Bertz CT molecular complexity index is 580. The van der Waals surface area contributed by atoms with E-state index in [2.05, 4.69) is 10.4 Å². The normalized spacial score (nSPS) is 12.3. The van der Waals surface area contributed by atoms with Crippen molar-refractivity contribution in [3.63, 3.8) is 0 Å². The zero-order valence-corrected chi connectivity index (χ0v) is 12.4. The zero-order chi connectivity index (χ0) is 16.2. The Balaban J connectivity index is 2.82. The van der Waals surface area contributed by atoms with E-state index < -0.39 is 23.7 Å². The van der Waals surface area contributed by atoms with Crippen LogP contribution in [0.5, 0.6) is 0 Å². The fourth-order valence-corrected chi connectivity index (χ4v) is 1.65. The largest absolute Gasteiger partial charge is 0.480 e. The predicted molar refractivity (Wildman–Crippen MR) is 72.4 cm³/mol. The summed E-state index contributed by atoms with van der Waals surface area (Å²) in [6.45, 7) is 5.03. The third-order valence-electron chi connectivity index (χ3n) is 2.42. The van der Waals surface area contributed by atoms with Crippen molar-refractivity contribution in [1.29, 1.82) is 5.26 Å². The fourth-order valence-electron chi connectivity index (χ4n) is 1.65. The van der Waals surface area contributed by atoms with Gasteiger partial charge in [0.05, 0.1) is 0 Å². The van der Waals surface area contributed by atoms with Gasteiger partial charge in [-0.1, -0.05) is 0 Å². The van der Waals surface area contributed by atoms with Crippen LogP contribution < -0.4 is 5.32 Å². The van der Waals surface area contributed by atoms with E-state index in [0.717, 1.165) is 0 Å². The highest BCUT2D eigenvalue weighted by atomic mass is 16.6. The Morgan fingerprint density at radius 1 is 1.57 bits per heavy atom. The molecule has 21 heavy (non-hydrogen) atoms. The van der Waals surface area contributed by atoms with E-state index in [1.807, 2.05) is 6.07 Å². The van der Waals surface area contributed by atoms with Crippen LogP contribution in [0.4, 0.5) is 4.79 Å². The van der Waals surface area contributed by atoms with Crippen LogP contribution in [-0.4, -0.2) is 38.6 Å². The molecule has 1 atom stereocenters. The SMILES string of the molecule is Cn1cc(C[C@H](NC(=O)OC(C)(C)C)C(=O)O)c(C#N)n1. The quantitative estimate of drug-likeness (QED) is 0.848. The number of carbonyl (C=O) groups is 2. The third-order valence-corrected chi connectivity index (χ3v) is 2.42. The van der Waals surface area contributed by atoms with E-state index in [1.165, 1.54) is 4.68 Å². The molecule has 1 aromatic rings. The first-order valence-electron chi connectivity index (χ1n) is 6.27. The number of hydrogen-bond acceptors (Lipinski definition) is 5. The molecule has 1 amide bonds. The number of nitriles is 1. The summed E-state index contributed by atoms with van der Waals surface area (Å²) >= 11 is 0. The number of amides is 1. The highest BCUT2D eigenvalue weighted by Crippen LogP contribution is 2.10. The van der Waals surface area contributed by atoms with E-state index in [9.17, 15) is 14.7 Å². The molecule has 1 heterocycles. The predicted octanol–water partition coefficient (Wildman–Crippen LogP) is 0.812. The molecule has 0 saturated heterocycles. The second-order valence-electron chi connectivity index (χ2n) is 5.53. The highest BCUT2D eigenvalue weighted by Gasteiger charge is 2.25. The molecular weight excluding hydrogens is 276 g/mol. The van der Waals surface area contributed by atoms with Gasteiger partial charge in [0.25, 0.3) is 0 Å². The Hall–Kier alpha value is -2.56. The topological polar surface area (TPSA) is 117 Å². The van der Waals surface area contributed by atoms with Crippen molar-refractivity contribution >= 4 is 12.1 Å². The number of alkyl carbamates (subject to hydrolysis) is 1. The molecule has 0 aromatic carbocycles. The van der Waals surface area contributed by atoms with Crippen LogP contribution in [0.3, 0.4) is 0 Å². The number of nitrogens with zero attached hydrogens (tertiary/aromatic N) is 3. The number of carboxylic acid groups (broad SMARTS) is 1. The molecule has 8 nitrogen and oxygen atoms in total. The van der Waals surface area contributed by atoms with Crippen LogP contribution in [-0.2, 0) is 23.0 Å². The molecule has 0 bridgehead atoms. The highest BCUT2D eigenvalue weighted by molar-refractivity contribution is 5.80. The maximum absolute atomic E-state index is 11.6. The van der Waals surface area contributed by atoms with Gasteiger partial charge in [0, 0.05) is 25.2 Å². The molecule has 1 aromatic heterocycles. The summed E-state index contributed by atoms with van der Waals surface area (Å²) in [5.74, 6) is -1.21. The first-order chi connectivity index (χ1) is 9.62. The van der Waals surface area contributed by atoms with E-state index >= 15 is 0 Å². The van der Waals surface area contributed by atoms with Crippen LogP contribution >= 0.6 is 0 Å². The fraction of sp³-hybridized carbons (Fsp3) is 0.538. The number of ether oxygens (including phenoxy) is 1. The van der Waals surface area contributed by atoms with Crippen molar-refractivity contribution in [2.45, 2.75) is 38.8 Å². The summed E-state index contributed by atoms with van der Waals surface area (Å²) in [6.07, 6.45) is 0.675. The summed E-state index contributed by atoms with van der Waals surface area (Å²) in [5.41, 5.74) is -0.141. The van der Waals surface area contributed by atoms with Gasteiger partial charge in [0.1, 0.15) is 17.7 Å². The number of aryl methyl sites for hydroxylation is 1. The van der Waals surface area contributed by atoms with Crippen LogP contribution in [0.2, 0.25) is 0 Å². The van der Waals surface area contributed by atoms with Gasteiger partial charge in [-0.25, -0.2) is 9.59 Å².